The lowest BCUT2D eigenvalue weighted by molar-refractivity contribution is 0.626. The van der Waals surface area contributed by atoms with Gasteiger partial charge in [-0.1, -0.05) is 5.21 Å². The molecular weight excluding hydrogens is 193 g/mol. The number of hydrogen-bond acceptors (Lipinski definition) is 2. The number of rotatable bonds is 2. The predicted molar refractivity (Wildman–Crippen MR) is 53.3 cm³/mol. The Morgan fingerprint density at radius 1 is 1.20 bits per heavy atom. The van der Waals surface area contributed by atoms with E-state index < -0.39 is 0 Å². The topological polar surface area (TPSA) is 30.7 Å². The van der Waals surface area contributed by atoms with Crippen molar-refractivity contribution in [2.45, 2.75) is 18.8 Å². The smallest absolute Gasteiger partial charge is 0.123 e. The first-order valence-corrected chi connectivity index (χ1v) is 5.01. The molecule has 0 bridgehead atoms. The summed E-state index contributed by atoms with van der Waals surface area (Å²) in [5.41, 5.74) is 1.88. The summed E-state index contributed by atoms with van der Waals surface area (Å²) in [5, 5.41) is 8.12. The molecule has 4 heteroatoms. The highest BCUT2D eigenvalue weighted by Gasteiger charge is 2.26. The van der Waals surface area contributed by atoms with Gasteiger partial charge in [-0.25, -0.2) is 9.07 Å². The van der Waals surface area contributed by atoms with Crippen LogP contribution in [0.1, 0.15) is 24.5 Å². The number of aromatic nitrogens is 3. The van der Waals surface area contributed by atoms with Gasteiger partial charge in [0.05, 0.1) is 17.6 Å². The van der Waals surface area contributed by atoms with E-state index in [0.717, 1.165) is 11.4 Å². The van der Waals surface area contributed by atoms with Crippen molar-refractivity contribution in [1.82, 2.24) is 15.0 Å². The van der Waals surface area contributed by atoms with Crippen LogP contribution in [0, 0.1) is 5.82 Å². The summed E-state index contributed by atoms with van der Waals surface area (Å²) in [6.45, 7) is 0. The Hall–Kier alpha value is -1.71. The van der Waals surface area contributed by atoms with E-state index in [-0.39, 0.29) is 5.82 Å². The van der Waals surface area contributed by atoms with Crippen molar-refractivity contribution in [3.8, 4) is 5.69 Å². The zero-order valence-corrected chi connectivity index (χ0v) is 8.10. The van der Waals surface area contributed by atoms with Crippen LogP contribution in [0.4, 0.5) is 4.39 Å². The Morgan fingerprint density at radius 2 is 1.93 bits per heavy atom. The number of nitrogens with zero attached hydrogens (tertiary/aromatic N) is 3. The second-order valence-electron chi connectivity index (χ2n) is 3.84. The molecule has 0 atom stereocenters. The molecule has 0 saturated heterocycles. The summed E-state index contributed by atoms with van der Waals surface area (Å²) in [5.74, 6) is 0.362. The summed E-state index contributed by atoms with van der Waals surface area (Å²) in [7, 11) is 0. The third-order valence-electron chi connectivity index (χ3n) is 2.60. The summed E-state index contributed by atoms with van der Waals surface area (Å²) >= 11 is 0. The predicted octanol–water partition coefficient (Wildman–Crippen LogP) is 2.28. The summed E-state index contributed by atoms with van der Waals surface area (Å²) in [6.07, 6.45) is 4.34. The molecule has 1 aliphatic carbocycles. The maximum atomic E-state index is 12.7. The molecule has 0 N–H and O–H groups in total. The van der Waals surface area contributed by atoms with Gasteiger partial charge in [-0.05, 0) is 37.1 Å². The Bertz CT molecular complexity index is 471. The molecule has 1 fully saturated rings. The van der Waals surface area contributed by atoms with Gasteiger partial charge >= 0.3 is 0 Å². The first-order chi connectivity index (χ1) is 7.33. The SMILES string of the molecule is Fc1ccc(-n2cc(C3CC3)nn2)cc1. The molecule has 1 saturated carbocycles. The van der Waals surface area contributed by atoms with Crippen molar-refractivity contribution in [2.75, 3.05) is 0 Å². The molecule has 2 aromatic rings. The fraction of sp³-hybridized carbons (Fsp3) is 0.273. The molecule has 0 radical (unpaired) electrons. The van der Waals surface area contributed by atoms with Crippen molar-refractivity contribution < 1.29 is 4.39 Å². The van der Waals surface area contributed by atoms with Crippen LogP contribution in [0.2, 0.25) is 0 Å². The number of hydrogen-bond donors (Lipinski definition) is 0. The van der Waals surface area contributed by atoms with Crippen LogP contribution >= 0.6 is 0 Å². The Morgan fingerprint density at radius 3 is 2.60 bits per heavy atom. The Labute approximate surface area is 86.5 Å². The first kappa shape index (κ1) is 8.59. The second-order valence-corrected chi connectivity index (χ2v) is 3.84. The van der Waals surface area contributed by atoms with Gasteiger partial charge in [0, 0.05) is 5.92 Å². The lowest BCUT2D eigenvalue weighted by Crippen LogP contribution is -1.94. The van der Waals surface area contributed by atoms with E-state index in [4.69, 9.17) is 0 Å². The molecule has 1 aromatic heterocycles. The van der Waals surface area contributed by atoms with Crippen molar-refractivity contribution in [1.29, 1.82) is 0 Å². The maximum Gasteiger partial charge on any atom is 0.123 e. The first-order valence-electron chi connectivity index (χ1n) is 5.01. The van der Waals surface area contributed by atoms with Gasteiger partial charge in [0.15, 0.2) is 0 Å². The lowest BCUT2D eigenvalue weighted by Gasteiger charge is -1.98. The van der Waals surface area contributed by atoms with Gasteiger partial charge in [0.2, 0.25) is 0 Å². The van der Waals surface area contributed by atoms with Gasteiger partial charge < -0.3 is 0 Å². The highest BCUT2D eigenvalue weighted by molar-refractivity contribution is 5.31. The molecule has 0 unspecified atom stereocenters. The van der Waals surface area contributed by atoms with Crippen LogP contribution in [0.25, 0.3) is 5.69 Å². The molecule has 15 heavy (non-hydrogen) atoms. The highest BCUT2D eigenvalue weighted by Crippen LogP contribution is 2.38. The highest BCUT2D eigenvalue weighted by atomic mass is 19.1. The van der Waals surface area contributed by atoms with Crippen LogP contribution in [-0.4, -0.2) is 15.0 Å². The van der Waals surface area contributed by atoms with E-state index in [1.165, 1.54) is 25.0 Å². The molecule has 1 aromatic carbocycles. The second kappa shape index (κ2) is 3.15. The van der Waals surface area contributed by atoms with Gasteiger partial charge in [0.25, 0.3) is 0 Å². The van der Waals surface area contributed by atoms with E-state index in [1.54, 1.807) is 16.8 Å². The normalized spacial score (nSPS) is 15.5. The van der Waals surface area contributed by atoms with Crippen LogP contribution in [-0.2, 0) is 0 Å². The van der Waals surface area contributed by atoms with E-state index in [9.17, 15) is 4.39 Å². The summed E-state index contributed by atoms with van der Waals surface area (Å²) < 4.78 is 14.4. The fourth-order valence-electron chi connectivity index (χ4n) is 1.56. The van der Waals surface area contributed by atoms with Crippen molar-refractivity contribution >= 4 is 0 Å². The molecular formula is C11H10FN3. The zero-order chi connectivity index (χ0) is 10.3. The minimum Gasteiger partial charge on any atom is -0.220 e. The van der Waals surface area contributed by atoms with Gasteiger partial charge in [-0.2, -0.15) is 0 Å². The van der Waals surface area contributed by atoms with E-state index in [1.807, 2.05) is 6.20 Å². The third-order valence-corrected chi connectivity index (χ3v) is 2.60. The lowest BCUT2D eigenvalue weighted by atomic mass is 10.3. The largest absolute Gasteiger partial charge is 0.220 e. The van der Waals surface area contributed by atoms with Crippen molar-refractivity contribution in [2.24, 2.45) is 0 Å². The molecule has 1 aliphatic rings. The molecule has 3 nitrogen and oxygen atoms in total. The van der Waals surface area contributed by atoms with Crippen LogP contribution in [0.15, 0.2) is 30.5 Å². The molecule has 0 spiro atoms. The van der Waals surface area contributed by atoms with Gasteiger partial charge in [-0.15, -0.1) is 5.10 Å². The van der Waals surface area contributed by atoms with Crippen molar-refractivity contribution in [3.63, 3.8) is 0 Å². The fourth-order valence-corrected chi connectivity index (χ4v) is 1.56. The zero-order valence-electron chi connectivity index (χ0n) is 8.10. The molecule has 76 valence electrons. The minimum atomic E-state index is -0.235. The van der Waals surface area contributed by atoms with E-state index in [2.05, 4.69) is 10.3 Å². The molecule has 0 aliphatic heterocycles. The van der Waals surface area contributed by atoms with Gasteiger partial charge in [0.1, 0.15) is 5.82 Å². The van der Waals surface area contributed by atoms with Crippen molar-refractivity contribution in [3.05, 3.63) is 42.0 Å². The molecule has 3 rings (SSSR count). The average Bonchev–Trinajstić information content (AvgIpc) is 2.99. The van der Waals surface area contributed by atoms with Crippen LogP contribution < -0.4 is 0 Å². The quantitative estimate of drug-likeness (QED) is 0.749. The Kier molecular flexibility index (Phi) is 1.80. The summed E-state index contributed by atoms with van der Waals surface area (Å²) in [4.78, 5) is 0. The number of halogens is 1. The van der Waals surface area contributed by atoms with Gasteiger partial charge in [-0.3, -0.25) is 0 Å². The molecule has 1 heterocycles. The van der Waals surface area contributed by atoms with Crippen LogP contribution in [0.3, 0.4) is 0 Å². The standard InChI is InChI=1S/C11H10FN3/c12-9-3-5-10(6-4-9)15-7-11(13-14-15)8-1-2-8/h3-8H,1-2H2. The Balaban J connectivity index is 1.93. The average molecular weight is 203 g/mol. The minimum absolute atomic E-state index is 0.235. The molecule has 0 amide bonds. The monoisotopic (exact) mass is 203 g/mol. The summed E-state index contributed by atoms with van der Waals surface area (Å²) in [6, 6.07) is 6.24. The third kappa shape index (κ3) is 1.63. The van der Waals surface area contributed by atoms with E-state index in [0.29, 0.717) is 5.92 Å². The van der Waals surface area contributed by atoms with E-state index >= 15 is 0 Å². The number of benzene rings is 1. The van der Waals surface area contributed by atoms with Crippen LogP contribution in [0.5, 0.6) is 0 Å². The maximum absolute atomic E-state index is 12.7.